The summed E-state index contributed by atoms with van der Waals surface area (Å²) in [7, 11) is 0. The summed E-state index contributed by atoms with van der Waals surface area (Å²) >= 11 is 0. The number of nitrogens with zero attached hydrogens (tertiary/aromatic N) is 1. The van der Waals surface area contributed by atoms with Crippen molar-refractivity contribution in [3.05, 3.63) is 69.0 Å². The molecule has 2 aromatic carbocycles. The molecule has 2 rings (SSSR count). The Bertz CT molecular complexity index is 796. The fraction of sp³-hybridized carbons (Fsp3) is 0. The van der Waals surface area contributed by atoms with Gasteiger partial charge < -0.3 is 5.32 Å². The average molecular weight is 332 g/mol. The van der Waals surface area contributed by atoms with Crippen molar-refractivity contribution in [2.75, 3.05) is 5.32 Å². The van der Waals surface area contributed by atoms with Gasteiger partial charge in [0.1, 0.15) is 11.3 Å². The number of nitrogens with one attached hydrogen (secondary N) is 1. The van der Waals surface area contributed by atoms with Crippen LogP contribution in [0.25, 0.3) is 0 Å². The maximum absolute atomic E-state index is 13.5. The zero-order chi connectivity index (χ0) is 17.3. The molecule has 5 nitrogen and oxygen atoms in total. The summed E-state index contributed by atoms with van der Waals surface area (Å²) in [5.74, 6) is -12.8. The van der Waals surface area contributed by atoms with Gasteiger partial charge in [0.05, 0.1) is 4.92 Å². The van der Waals surface area contributed by atoms with Crippen molar-refractivity contribution in [2.45, 2.75) is 0 Å². The van der Waals surface area contributed by atoms with Gasteiger partial charge in [-0.2, -0.15) is 0 Å². The quantitative estimate of drug-likeness (QED) is 0.307. The number of halogens is 5. The van der Waals surface area contributed by atoms with Crippen LogP contribution >= 0.6 is 0 Å². The first-order chi connectivity index (χ1) is 10.8. The van der Waals surface area contributed by atoms with E-state index >= 15 is 0 Å². The van der Waals surface area contributed by atoms with Gasteiger partial charge in [0.15, 0.2) is 23.3 Å². The van der Waals surface area contributed by atoms with Gasteiger partial charge in [-0.3, -0.25) is 14.9 Å². The van der Waals surface area contributed by atoms with Crippen molar-refractivity contribution in [2.24, 2.45) is 0 Å². The largest absolute Gasteiger partial charge is 0.317 e. The lowest BCUT2D eigenvalue weighted by molar-refractivity contribution is -0.385. The normalized spacial score (nSPS) is 10.5. The van der Waals surface area contributed by atoms with Gasteiger partial charge in [0.2, 0.25) is 5.82 Å². The minimum absolute atomic E-state index is 0.610. The molecule has 0 aliphatic heterocycles. The molecule has 0 unspecified atom stereocenters. The molecule has 23 heavy (non-hydrogen) atoms. The minimum atomic E-state index is -2.39. The molecular weight excluding hydrogens is 327 g/mol. The van der Waals surface area contributed by atoms with Crippen LogP contribution in [0.4, 0.5) is 33.3 Å². The van der Waals surface area contributed by atoms with E-state index < -0.39 is 56.9 Å². The van der Waals surface area contributed by atoms with E-state index in [0.29, 0.717) is 0 Å². The first kappa shape index (κ1) is 16.3. The summed E-state index contributed by atoms with van der Waals surface area (Å²) in [5.41, 5.74) is -2.90. The average Bonchev–Trinajstić information content (AvgIpc) is 2.54. The number of hydrogen-bond acceptors (Lipinski definition) is 3. The van der Waals surface area contributed by atoms with E-state index in [9.17, 15) is 36.9 Å². The molecule has 0 aliphatic carbocycles. The van der Waals surface area contributed by atoms with Crippen LogP contribution < -0.4 is 5.32 Å². The zero-order valence-electron chi connectivity index (χ0n) is 10.9. The predicted octanol–water partition coefficient (Wildman–Crippen LogP) is 3.54. The van der Waals surface area contributed by atoms with Crippen molar-refractivity contribution in [1.29, 1.82) is 0 Å². The van der Waals surface area contributed by atoms with E-state index in [0.717, 1.165) is 12.1 Å². The van der Waals surface area contributed by atoms with Gasteiger partial charge in [0, 0.05) is 6.07 Å². The third-order valence-electron chi connectivity index (χ3n) is 2.79. The Labute approximate surface area is 124 Å². The predicted molar refractivity (Wildman–Crippen MR) is 67.3 cm³/mol. The number of hydrogen-bond donors (Lipinski definition) is 1. The SMILES string of the molecule is O=C(Nc1c(F)c(F)c(F)c(F)c1F)c1ccccc1[N+](=O)[O-]. The molecule has 1 N–H and O–H groups in total. The summed E-state index contributed by atoms with van der Waals surface area (Å²) < 4.78 is 65.9. The topological polar surface area (TPSA) is 72.2 Å². The molecule has 0 saturated carbocycles. The van der Waals surface area contributed by atoms with Gasteiger partial charge in [-0.25, -0.2) is 22.0 Å². The molecule has 120 valence electrons. The van der Waals surface area contributed by atoms with Gasteiger partial charge in [-0.05, 0) is 6.07 Å². The number of para-hydroxylation sites is 1. The highest BCUT2D eigenvalue weighted by Crippen LogP contribution is 2.28. The number of carbonyl (C=O) groups is 1. The van der Waals surface area contributed by atoms with Crippen LogP contribution in [0.15, 0.2) is 24.3 Å². The minimum Gasteiger partial charge on any atom is -0.317 e. The number of nitro groups is 1. The number of nitro benzene ring substituents is 1. The summed E-state index contributed by atoms with van der Waals surface area (Å²) in [6.45, 7) is 0. The fourth-order valence-electron chi connectivity index (χ4n) is 1.72. The van der Waals surface area contributed by atoms with E-state index in [2.05, 4.69) is 0 Å². The second kappa shape index (κ2) is 5.99. The molecule has 0 saturated heterocycles. The van der Waals surface area contributed by atoms with Crippen LogP contribution in [0, 0.1) is 39.2 Å². The van der Waals surface area contributed by atoms with Crippen LogP contribution in [0.5, 0.6) is 0 Å². The Balaban J connectivity index is 2.49. The summed E-state index contributed by atoms with van der Waals surface area (Å²) in [5, 5.41) is 12.2. The lowest BCUT2D eigenvalue weighted by atomic mass is 10.1. The molecule has 0 aliphatic rings. The van der Waals surface area contributed by atoms with Gasteiger partial charge in [-0.1, -0.05) is 12.1 Å². The molecule has 0 atom stereocenters. The summed E-state index contributed by atoms with van der Waals surface area (Å²) in [6.07, 6.45) is 0. The monoisotopic (exact) mass is 332 g/mol. The third kappa shape index (κ3) is 2.82. The van der Waals surface area contributed by atoms with Crippen LogP contribution in [0.1, 0.15) is 10.4 Å². The van der Waals surface area contributed by atoms with Crippen molar-refractivity contribution >= 4 is 17.3 Å². The Morgan fingerprint density at radius 2 is 1.39 bits per heavy atom. The van der Waals surface area contributed by atoms with E-state index in [-0.39, 0.29) is 0 Å². The Morgan fingerprint density at radius 1 is 0.913 bits per heavy atom. The number of rotatable bonds is 3. The lowest BCUT2D eigenvalue weighted by Crippen LogP contribution is -2.18. The van der Waals surface area contributed by atoms with Crippen molar-refractivity contribution in [3.8, 4) is 0 Å². The van der Waals surface area contributed by atoms with Gasteiger partial charge in [0.25, 0.3) is 11.6 Å². The standard InChI is InChI=1S/C13H5F5N2O3/c14-7-8(15)10(17)12(11(18)9(7)16)19-13(21)5-3-1-2-4-6(5)20(22)23/h1-4H,(H,19,21). The van der Waals surface area contributed by atoms with Crippen molar-refractivity contribution < 1.29 is 31.7 Å². The molecule has 0 radical (unpaired) electrons. The summed E-state index contributed by atoms with van der Waals surface area (Å²) in [6, 6.07) is 4.35. The van der Waals surface area contributed by atoms with Crippen molar-refractivity contribution in [3.63, 3.8) is 0 Å². The van der Waals surface area contributed by atoms with Gasteiger partial charge in [-0.15, -0.1) is 0 Å². The highest BCUT2D eigenvalue weighted by atomic mass is 19.2. The van der Waals surface area contributed by atoms with Crippen LogP contribution in [-0.4, -0.2) is 10.8 Å². The van der Waals surface area contributed by atoms with Crippen LogP contribution in [0.2, 0.25) is 0 Å². The molecule has 1 amide bonds. The van der Waals surface area contributed by atoms with Crippen LogP contribution in [-0.2, 0) is 0 Å². The first-order valence-corrected chi connectivity index (χ1v) is 5.82. The maximum Gasteiger partial charge on any atom is 0.282 e. The van der Waals surface area contributed by atoms with E-state index in [1.165, 1.54) is 17.4 Å². The molecule has 10 heteroatoms. The van der Waals surface area contributed by atoms with Crippen LogP contribution in [0.3, 0.4) is 0 Å². The Kier molecular flexibility index (Phi) is 4.25. The van der Waals surface area contributed by atoms with Gasteiger partial charge >= 0.3 is 0 Å². The number of carbonyl (C=O) groups excluding carboxylic acids is 1. The Morgan fingerprint density at radius 3 is 1.91 bits per heavy atom. The highest BCUT2D eigenvalue weighted by molar-refractivity contribution is 6.07. The lowest BCUT2D eigenvalue weighted by Gasteiger charge is -2.10. The molecule has 2 aromatic rings. The second-order valence-electron chi connectivity index (χ2n) is 4.17. The fourth-order valence-corrected chi connectivity index (χ4v) is 1.72. The number of anilines is 1. The molecule has 0 heterocycles. The second-order valence-corrected chi connectivity index (χ2v) is 4.17. The molecule has 0 fully saturated rings. The number of benzene rings is 2. The Hall–Kier alpha value is -3.04. The maximum atomic E-state index is 13.5. The molecule has 0 spiro atoms. The van der Waals surface area contributed by atoms with E-state index in [4.69, 9.17) is 0 Å². The van der Waals surface area contributed by atoms with E-state index in [1.807, 2.05) is 0 Å². The highest BCUT2D eigenvalue weighted by Gasteiger charge is 2.28. The smallest absolute Gasteiger partial charge is 0.282 e. The molecule has 0 bridgehead atoms. The molecular formula is C13H5F5N2O3. The van der Waals surface area contributed by atoms with E-state index in [1.54, 1.807) is 0 Å². The third-order valence-corrected chi connectivity index (χ3v) is 2.79. The zero-order valence-corrected chi connectivity index (χ0v) is 10.9. The molecule has 0 aromatic heterocycles. The summed E-state index contributed by atoms with van der Waals surface area (Å²) in [4.78, 5) is 21.7. The first-order valence-electron chi connectivity index (χ1n) is 5.82. The van der Waals surface area contributed by atoms with Crippen molar-refractivity contribution in [1.82, 2.24) is 0 Å². The number of amides is 1.